The van der Waals surface area contributed by atoms with Crippen molar-refractivity contribution in [1.82, 2.24) is 15.3 Å². The predicted molar refractivity (Wildman–Crippen MR) is 103 cm³/mol. The Morgan fingerprint density at radius 2 is 1.75 bits per heavy atom. The molecule has 1 N–H and O–H groups in total. The summed E-state index contributed by atoms with van der Waals surface area (Å²) >= 11 is 6.09. The fourth-order valence-corrected chi connectivity index (χ4v) is 3.99. The number of allylic oxidation sites excluding steroid dienone is 1. The lowest BCUT2D eigenvalue weighted by Gasteiger charge is -2.38. The van der Waals surface area contributed by atoms with Crippen LogP contribution in [-0.4, -0.2) is 49.7 Å². The van der Waals surface area contributed by atoms with Crippen LogP contribution in [0.2, 0.25) is 5.02 Å². The Balaban J connectivity index is 1.79. The van der Waals surface area contributed by atoms with Gasteiger partial charge in [-0.15, -0.1) is 0 Å². The molecular formula is C20H30ClN3. The number of hydrogen-bond donors (Lipinski definition) is 1. The highest BCUT2D eigenvalue weighted by Gasteiger charge is 2.29. The molecule has 0 aromatic heterocycles. The van der Waals surface area contributed by atoms with Gasteiger partial charge in [-0.2, -0.15) is 0 Å². The average molecular weight is 348 g/mol. The first kappa shape index (κ1) is 17.9. The summed E-state index contributed by atoms with van der Waals surface area (Å²) in [6.45, 7) is 10.4. The fourth-order valence-electron chi connectivity index (χ4n) is 3.86. The Kier molecular flexibility index (Phi) is 5.66. The fraction of sp³-hybridized carbons (Fsp3) is 0.600. The minimum atomic E-state index is 0.392. The first-order valence-corrected chi connectivity index (χ1v) is 9.46. The van der Waals surface area contributed by atoms with Gasteiger partial charge in [-0.1, -0.05) is 43.2 Å². The van der Waals surface area contributed by atoms with E-state index in [0.717, 1.165) is 37.7 Å². The van der Waals surface area contributed by atoms with Gasteiger partial charge in [0.2, 0.25) is 0 Å². The van der Waals surface area contributed by atoms with Crippen LogP contribution in [0.25, 0.3) is 5.57 Å². The van der Waals surface area contributed by atoms with Gasteiger partial charge in [-0.05, 0) is 55.0 Å². The third-order valence-electron chi connectivity index (χ3n) is 5.48. The molecule has 0 unspecified atom stereocenters. The second kappa shape index (κ2) is 7.57. The minimum Gasteiger partial charge on any atom is -0.297 e. The van der Waals surface area contributed by atoms with E-state index in [2.05, 4.69) is 41.3 Å². The molecule has 1 saturated heterocycles. The second-order valence-corrected chi connectivity index (χ2v) is 8.35. The quantitative estimate of drug-likeness (QED) is 0.886. The zero-order valence-electron chi connectivity index (χ0n) is 15.2. The van der Waals surface area contributed by atoms with E-state index in [0.29, 0.717) is 5.41 Å². The largest absolute Gasteiger partial charge is 0.297 e. The summed E-state index contributed by atoms with van der Waals surface area (Å²) < 4.78 is 0. The summed E-state index contributed by atoms with van der Waals surface area (Å²) in [5.41, 5.74) is 8.20. The van der Waals surface area contributed by atoms with Gasteiger partial charge < -0.3 is 0 Å². The van der Waals surface area contributed by atoms with Crippen molar-refractivity contribution < 1.29 is 0 Å². The number of halogens is 1. The van der Waals surface area contributed by atoms with Crippen molar-refractivity contribution in [1.29, 1.82) is 0 Å². The van der Waals surface area contributed by atoms with E-state index >= 15 is 0 Å². The normalized spacial score (nSPS) is 22.8. The van der Waals surface area contributed by atoms with Gasteiger partial charge in [-0.25, -0.2) is 5.01 Å². The average Bonchev–Trinajstić information content (AvgIpc) is 2.58. The Hall–Kier alpha value is -0.870. The molecule has 24 heavy (non-hydrogen) atoms. The van der Waals surface area contributed by atoms with Gasteiger partial charge in [-0.3, -0.25) is 10.3 Å². The maximum atomic E-state index is 6.09. The molecule has 1 aliphatic heterocycles. The van der Waals surface area contributed by atoms with E-state index < -0.39 is 0 Å². The van der Waals surface area contributed by atoms with E-state index in [1.165, 1.54) is 24.8 Å². The Bertz CT molecular complexity index is 583. The lowest BCUT2D eigenvalue weighted by molar-refractivity contribution is 0.104. The molecular weight excluding hydrogens is 318 g/mol. The van der Waals surface area contributed by atoms with Crippen molar-refractivity contribution in [3.05, 3.63) is 40.4 Å². The molecule has 3 nitrogen and oxygen atoms in total. The number of rotatable bonds is 4. The molecule has 4 heteroatoms. The summed E-state index contributed by atoms with van der Waals surface area (Å²) in [5.74, 6) is 0. The first-order chi connectivity index (χ1) is 11.5. The standard InChI is InChI=1S/C20H30ClN3/c1-20(2)9-8-17(15-23-10-12-24(22-3)13-11-23)19(14-20)16-4-6-18(21)7-5-16/h4-7,22H,8-15H2,1-3H3. The Morgan fingerprint density at radius 1 is 1.08 bits per heavy atom. The summed E-state index contributed by atoms with van der Waals surface area (Å²) in [7, 11) is 2.01. The van der Waals surface area contributed by atoms with Crippen LogP contribution in [-0.2, 0) is 0 Å². The van der Waals surface area contributed by atoms with Gasteiger partial charge in [0, 0.05) is 37.7 Å². The molecule has 0 saturated carbocycles. The van der Waals surface area contributed by atoms with Crippen LogP contribution in [0.1, 0.15) is 38.7 Å². The van der Waals surface area contributed by atoms with E-state index in [9.17, 15) is 0 Å². The molecule has 0 bridgehead atoms. The summed E-state index contributed by atoms with van der Waals surface area (Å²) in [5, 5.41) is 3.12. The molecule has 0 atom stereocenters. The smallest absolute Gasteiger partial charge is 0.0406 e. The zero-order valence-corrected chi connectivity index (χ0v) is 16.0. The molecule has 0 spiro atoms. The van der Waals surface area contributed by atoms with Crippen LogP contribution in [0.4, 0.5) is 0 Å². The Morgan fingerprint density at radius 3 is 2.38 bits per heavy atom. The van der Waals surface area contributed by atoms with Crippen LogP contribution in [0.3, 0.4) is 0 Å². The predicted octanol–water partition coefficient (Wildman–Crippen LogP) is 4.06. The van der Waals surface area contributed by atoms with Crippen molar-refractivity contribution >= 4 is 17.2 Å². The van der Waals surface area contributed by atoms with Gasteiger partial charge in [0.25, 0.3) is 0 Å². The van der Waals surface area contributed by atoms with E-state index in [-0.39, 0.29) is 0 Å². The van der Waals surface area contributed by atoms with Crippen LogP contribution < -0.4 is 5.43 Å². The molecule has 3 rings (SSSR count). The summed E-state index contributed by atoms with van der Waals surface area (Å²) in [4.78, 5) is 2.61. The van der Waals surface area contributed by atoms with Crippen LogP contribution in [0.15, 0.2) is 29.8 Å². The number of nitrogens with zero attached hydrogens (tertiary/aromatic N) is 2. The van der Waals surface area contributed by atoms with Gasteiger partial charge in [0.05, 0.1) is 0 Å². The third-order valence-corrected chi connectivity index (χ3v) is 5.73. The van der Waals surface area contributed by atoms with Crippen LogP contribution in [0.5, 0.6) is 0 Å². The molecule has 132 valence electrons. The minimum absolute atomic E-state index is 0.392. The highest BCUT2D eigenvalue weighted by molar-refractivity contribution is 6.30. The number of piperazine rings is 1. The molecule has 1 fully saturated rings. The molecule has 1 heterocycles. The molecule has 2 aliphatic rings. The highest BCUT2D eigenvalue weighted by atomic mass is 35.5. The molecule has 0 amide bonds. The number of hydrogen-bond acceptors (Lipinski definition) is 3. The number of benzene rings is 1. The van der Waals surface area contributed by atoms with Crippen molar-refractivity contribution in [2.24, 2.45) is 5.41 Å². The highest BCUT2D eigenvalue weighted by Crippen LogP contribution is 2.43. The maximum absolute atomic E-state index is 6.09. The summed E-state index contributed by atoms with van der Waals surface area (Å²) in [6, 6.07) is 8.43. The number of nitrogens with one attached hydrogen (secondary N) is 1. The van der Waals surface area contributed by atoms with E-state index in [1.807, 2.05) is 19.2 Å². The first-order valence-electron chi connectivity index (χ1n) is 9.08. The lowest BCUT2D eigenvalue weighted by atomic mass is 9.72. The topological polar surface area (TPSA) is 18.5 Å². The van der Waals surface area contributed by atoms with Crippen molar-refractivity contribution in [2.45, 2.75) is 33.1 Å². The molecule has 1 aromatic carbocycles. The molecule has 1 aromatic rings. The lowest BCUT2D eigenvalue weighted by Crippen LogP contribution is -2.51. The van der Waals surface area contributed by atoms with Gasteiger partial charge in [0.15, 0.2) is 0 Å². The van der Waals surface area contributed by atoms with E-state index in [4.69, 9.17) is 11.6 Å². The van der Waals surface area contributed by atoms with Crippen molar-refractivity contribution in [2.75, 3.05) is 39.8 Å². The molecule has 1 aliphatic carbocycles. The van der Waals surface area contributed by atoms with Gasteiger partial charge >= 0.3 is 0 Å². The van der Waals surface area contributed by atoms with Gasteiger partial charge in [0.1, 0.15) is 0 Å². The summed E-state index contributed by atoms with van der Waals surface area (Å²) in [6.07, 6.45) is 3.67. The third kappa shape index (κ3) is 4.40. The Labute approximate surface area is 151 Å². The zero-order chi connectivity index (χ0) is 17.2. The number of hydrazine groups is 1. The van der Waals surface area contributed by atoms with Crippen molar-refractivity contribution in [3.63, 3.8) is 0 Å². The van der Waals surface area contributed by atoms with Crippen LogP contribution in [0, 0.1) is 5.41 Å². The molecule has 0 radical (unpaired) electrons. The van der Waals surface area contributed by atoms with E-state index in [1.54, 1.807) is 11.1 Å². The SMILES string of the molecule is CNN1CCN(CC2=C(c3ccc(Cl)cc3)CC(C)(C)CC2)CC1. The monoisotopic (exact) mass is 347 g/mol. The van der Waals surface area contributed by atoms with Crippen LogP contribution >= 0.6 is 11.6 Å². The van der Waals surface area contributed by atoms with Crippen molar-refractivity contribution in [3.8, 4) is 0 Å². The maximum Gasteiger partial charge on any atom is 0.0406 e. The second-order valence-electron chi connectivity index (χ2n) is 7.92.